The van der Waals surface area contributed by atoms with Gasteiger partial charge in [0.1, 0.15) is 5.82 Å². The van der Waals surface area contributed by atoms with Crippen LogP contribution in [-0.4, -0.2) is 46.1 Å². The van der Waals surface area contributed by atoms with Crippen LogP contribution in [0.5, 0.6) is 0 Å². The number of ether oxygens (including phenoxy) is 2. The molecule has 0 unspecified atom stereocenters. The fourth-order valence-corrected chi connectivity index (χ4v) is 3.93. The molecule has 2 atom stereocenters. The zero-order valence-corrected chi connectivity index (χ0v) is 20.3. The summed E-state index contributed by atoms with van der Waals surface area (Å²) in [4.78, 5) is 20.6. The molecule has 1 aromatic carbocycles. The van der Waals surface area contributed by atoms with E-state index in [2.05, 4.69) is 17.8 Å². The minimum atomic E-state index is -0.916. The molecule has 0 radical (unpaired) electrons. The molecule has 0 amide bonds. The first-order valence-corrected chi connectivity index (χ1v) is 11.2. The van der Waals surface area contributed by atoms with Crippen LogP contribution in [0.2, 0.25) is 0 Å². The first-order valence-electron chi connectivity index (χ1n) is 10.8. The van der Waals surface area contributed by atoms with Gasteiger partial charge in [0.05, 0.1) is 30.0 Å². The second-order valence-corrected chi connectivity index (χ2v) is 9.45. The van der Waals surface area contributed by atoms with Gasteiger partial charge in [-0.05, 0) is 44.0 Å². The number of aliphatic carboxylic acids is 1. The molecule has 0 spiro atoms. The van der Waals surface area contributed by atoms with Gasteiger partial charge in [0.15, 0.2) is 5.79 Å². The molecule has 0 saturated carbocycles. The Morgan fingerprint density at radius 2 is 1.97 bits per heavy atom. The van der Waals surface area contributed by atoms with Crippen LogP contribution < -0.4 is 4.31 Å². The number of aromatic nitrogens is 2. The molecule has 178 valence electrons. The standard InChI is InChI=1S/C24H30FN3O4S/c1-14(2)21-19(11-10-17-12-18(13-20(29)30)32-24(3,4)31-17)22(27-23(26-21)28(5)33)15-6-8-16(25)9-7-15/h6-11,14,17-18,33H,12-13H2,1-5H3,(H,29,30)/b11-10+/t17-,18-/m1/s1. The smallest absolute Gasteiger partial charge is 0.305 e. The lowest BCUT2D eigenvalue weighted by molar-refractivity contribution is -0.290. The summed E-state index contributed by atoms with van der Waals surface area (Å²) in [6.45, 7) is 7.61. The van der Waals surface area contributed by atoms with Crippen LogP contribution in [0.25, 0.3) is 17.3 Å². The van der Waals surface area contributed by atoms with E-state index in [-0.39, 0.29) is 24.3 Å². The number of rotatable bonds is 7. The predicted octanol–water partition coefficient (Wildman–Crippen LogP) is 5.09. The second-order valence-electron chi connectivity index (χ2n) is 8.85. The van der Waals surface area contributed by atoms with Crippen LogP contribution in [0.15, 0.2) is 30.3 Å². The number of hydrogen-bond acceptors (Lipinski definition) is 7. The van der Waals surface area contributed by atoms with Crippen LogP contribution >= 0.6 is 12.8 Å². The van der Waals surface area contributed by atoms with Crippen LogP contribution in [0.4, 0.5) is 10.3 Å². The molecule has 1 aliphatic rings. The maximum absolute atomic E-state index is 13.6. The van der Waals surface area contributed by atoms with Crippen molar-refractivity contribution < 1.29 is 23.8 Å². The number of hydrogen-bond donors (Lipinski definition) is 2. The summed E-state index contributed by atoms with van der Waals surface area (Å²) in [6.07, 6.45) is 3.29. The van der Waals surface area contributed by atoms with Gasteiger partial charge in [-0.2, -0.15) is 0 Å². The van der Waals surface area contributed by atoms with Gasteiger partial charge in [-0.15, -0.1) is 0 Å². The highest BCUT2D eigenvalue weighted by atomic mass is 32.1. The Hall–Kier alpha value is -2.49. The van der Waals surface area contributed by atoms with Crippen LogP contribution in [-0.2, 0) is 14.3 Å². The Balaban J connectivity index is 2.05. The number of nitrogens with zero attached hydrogens (tertiary/aromatic N) is 3. The zero-order chi connectivity index (χ0) is 24.3. The molecule has 1 aromatic heterocycles. The number of halogens is 1. The molecule has 1 fully saturated rings. The Kier molecular flexibility index (Phi) is 7.76. The molecule has 7 nitrogen and oxygen atoms in total. The molecule has 1 saturated heterocycles. The predicted molar refractivity (Wildman–Crippen MR) is 129 cm³/mol. The van der Waals surface area contributed by atoms with Crippen LogP contribution in [0.3, 0.4) is 0 Å². The van der Waals surface area contributed by atoms with Gasteiger partial charge in [-0.1, -0.05) is 38.8 Å². The Morgan fingerprint density at radius 3 is 2.55 bits per heavy atom. The number of benzene rings is 1. The minimum absolute atomic E-state index is 0.0747. The molecule has 0 aliphatic carbocycles. The normalized spacial score (nSPS) is 20.4. The van der Waals surface area contributed by atoms with Crippen LogP contribution in [0, 0.1) is 5.82 Å². The third kappa shape index (κ3) is 6.52. The third-order valence-corrected chi connectivity index (χ3v) is 5.36. The summed E-state index contributed by atoms with van der Waals surface area (Å²) < 4.78 is 26.9. The van der Waals surface area contributed by atoms with Gasteiger partial charge in [-0.3, -0.25) is 9.10 Å². The van der Waals surface area contributed by atoms with Crippen molar-refractivity contribution in [2.24, 2.45) is 0 Å². The van der Waals surface area contributed by atoms with Crippen molar-refractivity contribution in [3.8, 4) is 11.3 Å². The molecule has 2 heterocycles. The molecule has 0 bridgehead atoms. The van der Waals surface area contributed by atoms with Crippen molar-refractivity contribution >= 4 is 30.8 Å². The maximum atomic E-state index is 13.6. The highest BCUT2D eigenvalue weighted by Gasteiger charge is 2.35. The average molecular weight is 476 g/mol. The minimum Gasteiger partial charge on any atom is -0.481 e. The van der Waals surface area contributed by atoms with E-state index in [1.165, 1.54) is 16.4 Å². The summed E-state index contributed by atoms with van der Waals surface area (Å²) in [5.41, 5.74) is 2.99. The highest BCUT2D eigenvalue weighted by Crippen LogP contribution is 2.33. The van der Waals surface area contributed by atoms with Crippen molar-refractivity contribution in [2.45, 2.75) is 64.4 Å². The van der Waals surface area contributed by atoms with Gasteiger partial charge in [-0.25, -0.2) is 14.4 Å². The van der Waals surface area contributed by atoms with E-state index >= 15 is 0 Å². The summed E-state index contributed by atoms with van der Waals surface area (Å²) in [7, 11) is 1.74. The first kappa shape index (κ1) is 25.1. The topological polar surface area (TPSA) is 84.8 Å². The molecule has 33 heavy (non-hydrogen) atoms. The number of anilines is 1. The maximum Gasteiger partial charge on any atom is 0.305 e. The fraction of sp³-hybridized carbons (Fsp3) is 0.458. The van der Waals surface area contributed by atoms with E-state index in [0.29, 0.717) is 18.1 Å². The van der Waals surface area contributed by atoms with E-state index in [1.807, 2.05) is 26.0 Å². The SMILES string of the molecule is CC(C)c1nc(N(C)S)nc(-c2ccc(F)cc2)c1/C=C/[C@@H]1C[C@H](CC(=O)O)OC(C)(C)O1. The second kappa shape index (κ2) is 10.2. The average Bonchev–Trinajstić information content (AvgIpc) is 2.70. The molecular formula is C24H30FN3O4S. The van der Waals surface area contributed by atoms with Crippen LogP contribution in [0.1, 0.15) is 57.7 Å². The Bertz CT molecular complexity index is 1030. The molecular weight excluding hydrogens is 445 g/mol. The Labute approximate surface area is 199 Å². The van der Waals surface area contributed by atoms with Crippen molar-refractivity contribution in [3.63, 3.8) is 0 Å². The lowest BCUT2D eigenvalue weighted by atomic mass is 9.97. The number of carboxylic acids is 1. The van der Waals surface area contributed by atoms with Gasteiger partial charge < -0.3 is 14.6 Å². The van der Waals surface area contributed by atoms with E-state index < -0.39 is 17.9 Å². The zero-order valence-electron chi connectivity index (χ0n) is 19.4. The number of carbonyl (C=O) groups is 1. The lowest BCUT2D eigenvalue weighted by Crippen LogP contribution is -2.44. The number of thiol groups is 1. The van der Waals surface area contributed by atoms with E-state index in [4.69, 9.17) is 14.5 Å². The molecule has 1 aliphatic heterocycles. The van der Waals surface area contributed by atoms with Gasteiger partial charge in [0.2, 0.25) is 5.95 Å². The van der Waals surface area contributed by atoms with Crippen molar-refractivity contribution in [1.29, 1.82) is 0 Å². The summed E-state index contributed by atoms with van der Waals surface area (Å²) in [5.74, 6) is -1.65. The molecule has 3 rings (SSSR count). The molecule has 2 aromatic rings. The largest absolute Gasteiger partial charge is 0.481 e. The van der Waals surface area contributed by atoms with Crippen molar-refractivity contribution in [2.75, 3.05) is 11.4 Å². The summed E-state index contributed by atoms with van der Waals surface area (Å²) in [5, 5.41) is 9.19. The lowest BCUT2D eigenvalue weighted by Gasteiger charge is -2.39. The van der Waals surface area contributed by atoms with E-state index in [9.17, 15) is 14.3 Å². The van der Waals surface area contributed by atoms with E-state index in [1.54, 1.807) is 33.0 Å². The Morgan fingerprint density at radius 1 is 1.30 bits per heavy atom. The quantitative estimate of drug-likeness (QED) is 0.540. The van der Waals surface area contributed by atoms with Crippen molar-refractivity contribution in [1.82, 2.24) is 9.97 Å². The monoisotopic (exact) mass is 475 g/mol. The van der Waals surface area contributed by atoms with E-state index in [0.717, 1.165) is 16.8 Å². The number of carboxylic acid groups (broad SMARTS) is 1. The first-order chi connectivity index (χ1) is 15.4. The third-order valence-electron chi connectivity index (χ3n) is 5.18. The van der Waals surface area contributed by atoms with Gasteiger partial charge in [0, 0.05) is 24.6 Å². The molecule has 9 heteroatoms. The molecule has 1 N–H and O–H groups in total. The van der Waals surface area contributed by atoms with Gasteiger partial charge in [0.25, 0.3) is 0 Å². The highest BCUT2D eigenvalue weighted by molar-refractivity contribution is 7.81. The summed E-state index contributed by atoms with van der Waals surface area (Å²) in [6, 6.07) is 6.14. The van der Waals surface area contributed by atoms with Gasteiger partial charge >= 0.3 is 5.97 Å². The summed E-state index contributed by atoms with van der Waals surface area (Å²) >= 11 is 4.35. The fourth-order valence-electron chi connectivity index (χ4n) is 3.84. The van der Waals surface area contributed by atoms with Crippen molar-refractivity contribution in [3.05, 3.63) is 47.4 Å².